The molecule has 0 spiro atoms. The summed E-state index contributed by atoms with van der Waals surface area (Å²) < 4.78 is 17.6. The lowest BCUT2D eigenvalue weighted by molar-refractivity contribution is -0.305. The third-order valence-electron chi connectivity index (χ3n) is 14.9. The van der Waals surface area contributed by atoms with Crippen LogP contribution in [0.15, 0.2) is 60.8 Å². The monoisotopic (exact) mass is 1090 g/mol. The van der Waals surface area contributed by atoms with Gasteiger partial charge in [-0.2, -0.15) is 0 Å². The number of allylic oxidation sites excluding steroid dienone is 9. The average molecular weight is 1090 g/mol. The van der Waals surface area contributed by atoms with Crippen LogP contribution in [-0.2, 0) is 23.8 Å². The van der Waals surface area contributed by atoms with E-state index in [0.29, 0.717) is 12.8 Å². The Morgan fingerprint density at radius 2 is 0.935 bits per heavy atom. The van der Waals surface area contributed by atoms with Crippen molar-refractivity contribution in [1.82, 2.24) is 5.32 Å². The molecule has 8 atom stereocenters. The SMILES string of the molecule is CC/C=C/C/C=C/C/C=C/CCCCCC(O)C(=O)NC(COC1OC(CO)C(O)C(O)C1OC(=O)CCCCCCCCCCCCCCC/C=C/CCCCCCCC)C(O)/C=C/CCCCCCCCCCCC. The second kappa shape index (κ2) is 54.0. The van der Waals surface area contributed by atoms with Crippen LogP contribution in [-0.4, -0.2) is 99.6 Å². The standard InChI is InChI=1S/C66H119NO10/c1-4-7-10-13-16-19-22-25-26-27-28-29-30-31-32-33-34-36-39-42-45-48-51-54-61(71)77-64-63(73)62(72)60(55-68)76-66(64)75-56-57(58(69)52-49-46-43-40-37-24-21-18-15-12-9-6-3)67-65(74)59(70)53-50-47-44-41-38-35-23-20-17-14-11-8-5-2/h8,11,17,20,25-26,35,38,49,52,57-60,62-64,66,68-70,72-73H,4-7,9-10,12-16,18-19,21-24,27-34,36-37,39-48,50-51,53-56H2,1-3H3,(H,67,74)/b11-8+,20-17+,26-25+,38-35+,52-49+. The molecule has 448 valence electrons. The van der Waals surface area contributed by atoms with Crippen molar-refractivity contribution < 1.29 is 49.3 Å². The Hall–Kier alpha value is -2.64. The van der Waals surface area contributed by atoms with Gasteiger partial charge >= 0.3 is 5.97 Å². The fourth-order valence-electron chi connectivity index (χ4n) is 9.84. The van der Waals surface area contributed by atoms with Crippen LogP contribution in [0.1, 0.15) is 284 Å². The molecule has 1 fully saturated rings. The number of ether oxygens (including phenoxy) is 3. The number of carbonyl (C=O) groups is 2. The van der Waals surface area contributed by atoms with Crippen LogP contribution in [0.3, 0.4) is 0 Å². The third-order valence-corrected chi connectivity index (χ3v) is 14.9. The molecule has 0 aliphatic carbocycles. The molecule has 0 aromatic rings. The predicted octanol–water partition coefficient (Wildman–Crippen LogP) is 15.4. The van der Waals surface area contributed by atoms with Gasteiger partial charge < -0.3 is 45.1 Å². The molecule has 1 aliphatic heterocycles. The Labute approximate surface area is 471 Å². The molecule has 0 bridgehead atoms. The van der Waals surface area contributed by atoms with E-state index in [4.69, 9.17) is 14.2 Å². The Balaban J connectivity index is 2.61. The van der Waals surface area contributed by atoms with Gasteiger partial charge in [0.25, 0.3) is 0 Å². The lowest BCUT2D eigenvalue weighted by Crippen LogP contribution is -2.61. The topological polar surface area (TPSA) is 175 Å². The van der Waals surface area contributed by atoms with E-state index in [1.807, 2.05) is 6.08 Å². The lowest BCUT2D eigenvalue weighted by Gasteiger charge is -2.41. The van der Waals surface area contributed by atoms with Crippen molar-refractivity contribution in [3.63, 3.8) is 0 Å². The van der Waals surface area contributed by atoms with Gasteiger partial charge in [-0.1, -0.05) is 255 Å². The third kappa shape index (κ3) is 42.0. The van der Waals surface area contributed by atoms with Crippen molar-refractivity contribution in [2.24, 2.45) is 0 Å². The average Bonchev–Trinajstić information content (AvgIpc) is 3.43. The number of aliphatic hydroxyl groups excluding tert-OH is 5. The number of carbonyl (C=O) groups excluding carboxylic acids is 2. The van der Waals surface area contributed by atoms with Crippen molar-refractivity contribution >= 4 is 11.9 Å². The van der Waals surface area contributed by atoms with Crippen LogP contribution in [0.25, 0.3) is 0 Å². The van der Waals surface area contributed by atoms with Crippen molar-refractivity contribution in [3.05, 3.63) is 60.8 Å². The van der Waals surface area contributed by atoms with E-state index in [-0.39, 0.29) is 19.4 Å². The summed E-state index contributed by atoms with van der Waals surface area (Å²) in [6.45, 7) is 5.67. The minimum absolute atomic E-state index is 0.121. The first-order chi connectivity index (χ1) is 37.7. The summed E-state index contributed by atoms with van der Waals surface area (Å²) in [4.78, 5) is 26.5. The molecule has 77 heavy (non-hydrogen) atoms. The van der Waals surface area contributed by atoms with Gasteiger partial charge in [-0.3, -0.25) is 9.59 Å². The van der Waals surface area contributed by atoms with Gasteiger partial charge in [0, 0.05) is 6.42 Å². The van der Waals surface area contributed by atoms with Gasteiger partial charge in [-0.15, -0.1) is 0 Å². The smallest absolute Gasteiger partial charge is 0.306 e. The zero-order valence-corrected chi connectivity index (χ0v) is 49.6. The second-order valence-electron chi connectivity index (χ2n) is 22.1. The maximum absolute atomic E-state index is 13.4. The fraction of sp³-hybridized carbons (Fsp3) is 0.818. The molecule has 1 amide bonds. The number of hydrogen-bond acceptors (Lipinski definition) is 10. The van der Waals surface area contributed by atoms with Crippen LogP contribution in [0.5, 0.6) is 0 Å². The molecule has 0 radical (unpaired) electrons. The van der Waals surface area contributed by atoms with E-state index >= 15 is 0 Å². The van der Waals surface area contributed by atoms with Gasteiger partial charge in [0.15, 0.2) is 12.4 Å². The van der Waals surface area contributed by atoms with E-state index < -0.39 is 67.4 Å². The van der Waals surface area contributed by atoms with E-state index in [2.05, 4.69) is 74.7 Å². The van der Waals surface area contributed by atoms with Crippen LogP contribution in [0, 0.1) is 0 Å². The van der Waals surface area contributed by atoms with E-state index in [1.54, 1.807) is 6.08 Å². The summed E-state index contributed by atoms with van der Waals surface area (Å²) in [5.41, 5.74) is 0. The van der Waals surface area contributed by atoms with Gasteiger partial charge in [-0.05, 0) is 83.5 Å². The molecule has 6 N–H and O–H groups in total. The normalized spacial score (nSPS) is 19.4. The molecular weight excluding hydrogens is 967 g/mol. The van der Waals surface area contributed by atoms with Crippen LogP contribution >= 0.6 is 0 Å². The van der Waals surface area contributed by atoms with Crippen molar-refractivity contribution in [2.75, 3.05) is 13.2 Å². The van der Waals surface area contributed by atoms with Gasteiger partial charge in [0.2, 0.25) is 5.91 Å². The summed E-state index contributed by atoms with van der Waals surface area (Å²) in [5.74, 6) is -1.21. The number of aliphatic hydroxyl groups is 5. The summed E-state index contributed by atoms with van der Waals surface area (Å²) in [6, 6.07) is -1.04. The first kappa shape index (κ1) is 72.4. The molecule has 0 aromatic carbocycles. The zero-order valence-electron chi connectivity index (χ0n) is 49.6. The Kier molecular flexibility index (Phi) is 50.7. The number of amides is 1. The largest absolute Gasteiger partial charge is 0.454 e. The first-order valence-electron chi connectivity index (χ1n) is 32.1. The summed E-state index contributed by atoms with van der Waals surface area (Å²) in [5, 5.41) is 56.9. The number of esters is 1. The fourth-order valence-corrected chi connectivity index (χ4v) is 9.84. The van der Waals surface area contributed by atoms with Crippen molar-refractivity contribution in [3.8, 4) is 0 Å². The summed E-state index contributed by atoms with van der Waals surface area (Å²) in [7, 11) is 0. The molecular formula is C66H119NO10. The minimum Gasteiger partial charge on any atom is -0.454 e. The van der Waals surface area contributed by atoms with Gasteiger partial charge in [0.1, 0.15) is 24.4 Å². The Bertz CT molecular complexity index is 1480. The highest BCUT2D eigenvalue weighted by atomic mass is 16.7. The Morgan fingerprint density at radius 1 is 0.519 bits per heavy atom. The van der Waals surface area contributed by atoms with Gasteiger partial charge in [-0.25, -0.2) is 0 Å². The zero-order chi connectivity index (χ0) is 56.1. The number of rotatable bonds is 54. The van der Waals surface area contributed by atoms with Crippen LogP contribution in [0.2, 0.25) is 0 Å². The highest BCUT2D eigenvalue weighted by Crippen LogP contribution is 2.26. The van der Waals surface area contributed by atoms with Crippen LogP contribution in [0.4, 0.5) is 0 Å². The van der Waals surface area contributed by atoms with Crippen molar-refractivity contribution in [1.29, 1.82) is 0 Å². The van der Waals surface area contributed by atoms with E-state index in [9.17, 15) is 35.1 Å². The molecule has 1 aliphatic rings. The second-order valence-corrected chi connectivity index (χ2v) is 22.1. The molecule has 11 nitrogen and oxygen atoms in total. The maximum atomic E-state index is 13.4. The maximum Gasteiger partial charge on any atom is 0.306 e. The quantitative estimate of drug-likeness (QED) is 0.0195. The molecule has 11 heteroatoms. The van der Waals surface area contributed by atoms with Crippen LogP contribution < -0.4 is 5.32 Å². The predicted molar refractivity (Wildman–Crippen MR) is 320 cm³/mol. The highest BCUT2D eigenvalue weighted by Gasteiger charge is 2.47. The molecule has 0 saturated carbocycles. The van der Waals surface area contributed by atoms with Crippen molar-refractivity contribution in [2.45, 2.75) is 333 Å². The molecule has 1 heterocycles. The van der Waals surface area contributed by atoms with E-state index in [0.717, 1.165) is 77.0 Å². The lowest BCUT2D eigenvalue weighted by atomic mass is 9.99. The highest BCUT2D eigenvalue weighted by molar-refractivity contribution is 5.80. The van der Waals surface area contributed by atoms with E-state index in [1.165, 1.54) is 161 Å². The summed E-state index contributed by atoms with van der Waals surface area (Å²) >= 11 is 0. The molecule has 0 aromatic heterocycles. The number of hydrogen-bond donors (Lipinski definition) is 6. The minimum atomic E-state index is -1.62. The number of unbranched alkanes of at least 4 members (excludes halogenated alkanes) is 32. The number of nitrogens with one attached hydrogen (secondary N) is 1. The molecule has 1 rings (SSSR count). The molecule has 1 saturated heterocycles. The first-order valence-corrected chi connectivity index (χ1v) is 32.1. The van der Waals surface area contributed by atoms with Gasteiger partial charge in [0.05, 0.1) is 25.4 Å². The molecule has 8 unspecified atom stereocenters. The summed E-state index contributed by atoms with van der Waals surface area (Å²) in [6.07, 6.45) is 57.0. The Morgan fingerprint density at radius 3 is 1.42 bits per heavy atom.